The summed E-state index contributed by atoms with van der Waals surface area (Å²) in [6.45, 7) is 4.61. The summed E-state index contributed by atoms with van der Waals surface area (Å²) in [6.07, 6.45) is 2.26. The number of carboxylic acids is 1. The maximum Gasteiger partial charge on any atom is 0.335 e. The molecule has 2 aromatic rings. The van der Waals surface area contributed by atoms with Crippen molar-refractivity contribution in [2.75, 3.05) is 13.2 Å². The molecule has 0 aromatic heterocycles. The summed E-state index contributed by atoms with van der Waals surface area (Å²) in [6, 6.07) is 9.52. The highest BCUT2D eigenvalue weighted by molar-refractivity contribution is 9.10. The van der Waals surface area contributed by atoms with Gasteiger partial charge < -0.3 is 19.9 Å². The number of amides is 3. The van der Waals surface area contributed by atoms with Crippen LogP contribution in [-0.2, 0) is 11.4 Å². The molecule has 1 fully saturated rings. The topological polar surface area (TPSA) is 105 Å². The number of nitrogens with zero attached hydrogens (tertiary/aromatic N) is 1. The van der Waals surface area contributed by atoms with Gasteiger partial charge in [0.2, 0.25) is 0 Å². The zero-order chi connectivity index (χ0) is 23.3. The standard InChI is InChI=1S/C23H23BrN2O6/c1-3-8-26-21(27)18(25-23(26)30)11-15-10-17(24)20(19(12-15)31-4-2)32-13-14-6-5-7-16(9-14)22(28)29/h5-7,9-12H,3-4,8,13H2,1-2H3,(H,25,30)(H,28,29)/b18-11+. The van der Waals surface area contributed by atoms with Crippen molar-refractivity contribution >= 4 is 39.9 Å². The summed E-state index contributed by atoms with van der Waals surface area (Å²) in [4.78, 5) is 36.8. The van der Waals surface area contributed by atoms with Gasteiger partial charge in [0.1, 0.15) is 12.3 Å². The first kappa shape index (κ1) is 23.3. The van der Waals surface area contributed by atoms with Gasteiger partial charge in [0.05, 0.1) is 16.6 Å². The fourth-order valence-corrected chi connectivity index (χ4v) is 3.76. The van der Waals surface area contributed by atoms with Crippen molar-refractivity contribution < 1.29 is 29.0 Å². The molecule has 8 nitrogen and oxygen atoms in total. The second kappa shape index (κ2) is 10.3. The van der Waals surface area contributed by atoms with Gasteiger partial charge in [-0.3, -0.25) is 9.69 Å². The molecule has 0 bridgehead atoms. The van der Waals surface area contributed by atoms with Gasteiger partial charge in [0.15, 0.2) is 11.5 Å². The van der Waals surface area contributed by atoms with Crippen molar-refractivity contribution in [3.8, 4) is 11.5 Å². The molecule has 0 atom stereocenters. The molecule has 1 aliphatic heterocycles. The average Bonchev–Trinajstić information content (AvgIpc) is 3.01. The third kappa shape index (κ3) is 5.28. The monoisotopic (exact) mass is 502 g/mol. The fourth-order valence-electron chi connectivity index (χ4n) is 3.19. The number of halogens is 1. The first-order valence-corrected chi connectivity index (χ1v) is 10.9. The molecule has 168 valence electrons. The number of benzene rings is 2. The molecule has 1 aliphatic rings. The zero-order valence-corrected chi connectivity index (χ0v) is 19.3. The molecule has 1 saturated heterocycles. The van der Waals surface area contributed by atoms with E-state index in [1.165, 1.54) is 11.0 Å². The molecule has 3 amide bonds. The number of urea groups is 1. The minimum Gasteiger partial charge on any atom is -0.490 e. The summed E-state index contributed by atoms with van der Waals surface area (Å²) in [5.41, 5.74) is 1.71. The van der Waals surface area contributed by atoms with Gasteiger partial charge >= 0.3 is 12.0 Å². The van der Waals surface area contributed by atoms with Crippen LogP contribution in [-0.4, -0.2) is 41.1 Å². The Labute approximate surface area is 193 Å². The lowest BCUT2D eigenvalue weighted by Crippen LogP contribution is -2.31. The first-order valence-electron chi connectivity index (χ1n) is 10.1. The van der Waals surface area contributed by atoms with Crippen LogP contribution in [0.15, 0.2) is 46.6 Å². The van der Waals surface area contributed by atoms with E-state index in [1.54, 1.807) is 36.4 Å². The Balaban J connectivity index is 1.85. The molecule has 32 heavy (non-hydrogen) atoms. The molecular formula is C23H23BrN2O6. The highest BCUT2D eigenvalue weighted by Gasteiger charge is 2.32. The van der Waals surface area contributed by atoms with E-state index >= 15 is 0 Å². The predicted octanol–water partition coefficient (Wildman–Crippen LogP) is 4.43. The molecule has 1 heterocycles. The molecule has 9 heteroatoms. The van der Waals surface area contributed by atoms with Crippen molar-refractivity contribution in [1.29, 1.82) is 0 Å². The van der Waals surface area contributed by atoms with Crippen LogP contribution in [0.2, 0.25) is 0 Å². The summed E-state index contributed by atoms with van der Waals surface area (Å²) in [5.74, 6) is -0.481. The van der Waals surface area contributed by atoms with Gasteiger partial charge in [-0.15, -0.1) is 0 Å². The Bertz CT molecular complexity index is 1080. The largest absolute Gasteiger partial charge is 0.490 e. The van der Waals surface area contributed by atoms with E-state index < -0.39 is 12.0 Å². The van der Waals surface area contributed by atoms with Crippen LogP contribution in [0.5, 0.6) is 11.5 Å². The lowest BCUT2D eigenvalue weighted by atomic mass is 10.1. The normalized spacial score (nSPS) is 14.6. The quantitative estimate of drug-likeness (QED) is 0.388. The summed E-state index contributed by atoms with van der Waals surface area (Å²) >= 11 is 3.48. The Morgan fingerprint density at radius 2 is 1.97 bits per heavy atom. The van der Waals surface area contributed by atoms with E-state index in [2.05, 4.69) is 21.2 Å². The molecule has 2 N–H and O–H groups in total. The van der Waals surface area contributed by atoms with Crippen LogP contribution in [0.1, 0.15) is 41.8 Å². The summed E-state index contributed by atoms with van der Waals surface area (Å²) in [5, 5.41) is 11.8. The van der Waals surface area contributed by atoms with Crippen LogP contribution < -0.4 is 14.8 Å². The Morgan fingerprint density at radius 3 is 2.66 bits per heavy atom. The molecule has 0 saturated carbocycles. The van der Waals surface area contributed by atoms with E-state index in [0.29, 0.717) is 46.7 Å². The Kier molecular flexibility index (Phi) is 7.53. The van der Waals surface area contributed by atoms with Crippen LogP contribution in [0.3, 0.4) is 0 Å². The number of hydrogen-bond donors (Lipinski definition) is 2. The highest BCUT2D eigenvalue weighted by Crippen LogP contribution is 2.38. The SMILES string of the molecule is CCCN1C(=O)N/C(=C/c2cc(Br)c(OCc3cccc(C(=O)O)c3)c(OCC)c2)C1=O. The molecule has 0 spiro atoms. The third-order valence-electron chi connectivity index (χ3n) is 4.61. The third-order valence-corrected chi connectivity index (χ3v) is 5.20. The second-order valence-electron chi connectivity index (χ2n) is 7.00. The minimum atomic E-state index is -1.01. The Morgan fingerprint density at radius 1 is 1.19 bits per heavy atom. The molecular weight excluding hydrogens is 480 g/mol. The number of ether oxygens (including phenoxy) is 2. The molecule has 0 radical (unpaired) electrons. The molecule has 2 aromatic carbocycles. The number of nitrogens with one attached hydrogen (secondary N) is 1. The van der Waals surface area contributed by atoms with Crippen LogP contribution in [0, 0.1) is 0 Å². The van der Waals surface area contributed by atoms with Crippen molar-refractivity contribution in [3.63, 3.8) is 0 Å². The van der Waals surface area contributed by atoms with Gasteiger partial charge in [0, 0.05) is 6.54 Å². The average molecular weight is 503 g/mol. The molecule has 3 rings (SSSR count). The van der Waals surface area contributed by atoms with Crippen LogP contribution in [0.4, 0.5) is 4.79 Å². The number of carbonyl (C=O) groups excluding carboxylic acids is 2. The van der Waals surface area contributed by atoms with Crippen molar-refractivity contribution in [3.05, 3.63) is 63.3 Å². The van der Waals surface area contributed by atoms with E-state index in [4.69, 9.17) is 14.6 Å². The number of rotatable bonds is 9. The van der Waals surface area contributed by atoms with Gasteiger partial charge in [-0.2, -0.15) is 0 Å². The minimum absolute atomic E-state index is 0.140. The number of carbonyl (C=O) groups is 3. The molecule has 0 aliphatic carbocycles. The highest BCUT2D eigenvalue weighted by atomic mass is 79.9. The van der Waals surface area contributed by atoms with Crippen LogP contribution in [0.25, 0.3) is 6.08 Å². The van der Waals surface area contributed by atoms with Crippen molar-refractivity contribution in [2.45, 2.75) is 26.9 Å². The van der Waals surface area contributed by atoms with E-state index in [9.17, 15) is 14.4 Å². The maximum absolute atomic E-state index is 12.5. The predicted molar refractivity (Wildman–Crippen MR) is 122 cm³/mol. The first-order chi connectivity index (χ1) is 15.3. The van der Waals surface area contributed by atoms with Gasteiger partial charge in [0.25, 0.3) is 5.91 Å². The van der Waals surface area contributed by atoms with Crippen LogP contribution >= 0.6 is 15.9 Å². The van der Waals surface area contributed by atoms with Gasteiger partial charge in [-0.25, -0.2) is 9.59 Å². The Hall–Kier alpha value is -3.33. The number of aromatic carboxylic acids is 1. The lowest BCUT2D eigenvalue weighted by Gasteiger charge is -2.15. The van der Waals surface area contributed by atoms with Crippen molar-refractivity contribution in [1.82, 2.24) is 10.2 Å². The summed E-state index contributed by atoms with van der Waals surface area (Å²) in [7, 11) is 0. The fraction of sp³-hybridized carbons (Fsp3) is 0.261. The zero-order valence-electron chi connectivity index (χ0n) is 17.7. The second-order valence-corrected chi connectivity index (χ2v) is 7.86. The number of hydrogen-bond acceptors (Lipinski definition) is 5. The summed E-state index contributed by atoms with van der Waals surface area (Å²) < 4.78 is 12.2. The van der Waals surface area contributed by atoms with Gasteiger partial charge in [-0.1, -0.05) is 19.1 Å². The van der Waals surface area contributed by atoms with Crippen molar-refractivity contribution in [2.24, 2.45) is 0 Å². The maximum atomic E-state index is 12.5. The van der Waals surface area contributed by atoms with E-state index in [0.717, 1.165) is 0 Å². The van der Waals surface area contributed by atoms with Gasteiger partial charge in [-0.05, 0) is 70.7 Å². The lowest BCUT2D eigenvalue weighted by molar-refractivity contribution is -0.122. The number of imide groups is 1. The van der Waals surface area contributed by atoms with E-state index in [-0.39, 0.29) is 23.8 Å². The molecule has 0 unspecified atom stereocenters. The smallest absolute Gasteiger partial charge is 0.335 e. The number of carboxylic acid groups (broad SMARTS) is 1. The van der Waals surface area contributed by atoms with E-state index in [1.807, 2.05) is 13.8 Å².